The molecule has 3 nitrogen and oxygen atoms in total. The molecule has 0 radical (unpaired) electrons. The molecule has 0 unspecified atom stereocenters. The molecule has 0 aliphatic carbocycles. The number of rotatable bonds is 3. The van der Waals surface area contributed by atoms with Gasteiger partial charge in [-0.15, -0.1) is 0 Å². The minimum atomic E-state index is 0.697. The first-order valence-corrected chi connectivity index (χ1v) is 6.32. The van der Waals surface area contributed by atoms with Gasteiger partial charge in [0.1, 0.15) is 5.75 Å². The second-order valence-corrected chi connectivity index (χ2v) is 5.08. The van der Waals surface area contributed by atoms with E-state index < -0.39 is 0 Å². The lowest BCUT2D eigenvalue weighted by Crippen LogP contribution is -2.32. The van der Waals surface area contributed by atoms with Crippen molar-refractivity contribution in [2.45, 2.75) is 19.8 Å². The van der Waals surface area contributed by atoms with Gasteiger partial charge in [-0.2, -0.15) is 0 Å². The molecule has 17 heavy (non-hydrogen) atoms. The van der Waals surface area contributed by atoms with Gasteiger partial charge in [0.05, 0.1) is 6.61 Å². The van der Waals surface area contributed by atoms with Crippen LogP contribution in [0.4, 0.5) is 5.69 Å². The van der Waals surface area contributed by atoms with Crippen LogP contribution in [-0.4, -0.2) is 31.6 Å². The lowest BCUT2D eigenvalue weighted by Gasteiger charge is -2.28. The number of ether oxygens (including phenoxy) is 1. The number of anilines is 1. The van der Waals surface area contributed by atoms with Crippen molar-refractivity contribution in [2.24, 2.45) is 5.92 Å². The first-order chi connectivity index (χ1) is 8.15. The van der Waals surface area contributed by atoms with Crippen LogP contribution >= 0.6 is 0 Å². The molecule has 2 rings (SSSR count). The highest BCUT2D eigenvalue weighted by atomic mass is 16.5. The van der Waals surface area contributed by atoms with E-state index >= 15 is 0 Å². The Morgan fingerprint density at radius 2 is 2.06 bits per heavy atom. The Hall–Kier alpha value is -1.22. The average molecular weight is 234 g/mol. The first-order valence-electron chi connectivity index (χ1n) is 6.32. The number of likely N-dealkylation sites (tertiary alicyclic amines) is 1. The standard InChI is InChI=1S/C14H22N2O/c1-11-9-13(15)3-4-14(11)17-10-12-5-7-16(2)8-6-12/h3-4,9,12H,5-8,10,15H2,1-2H3. The molecule has 2 N–H and O–H groups in total. The van der Waals surface area contributed by atoms with Gasteiger partial charge in [-0.25, -0.2) is 0 Å². The number of hydrogen-bond donors (Lipinski definition) is 1. The normalized spacial score (nSPS) is 18.2. The zero-order valence-electron chi connectivity index (χ0n) is 10.8. The van der Waals surface area contributed by atoms with Crippen molar-refractivity contribution >= 4 is 5.69 Å². The summed E-state index contributed by atoms with van der Waals surface area (Å²) in [4.78, 5) is 2.38. The highest BCUT2D eigenvalue weighted by Gasteiger charge is 2.17. The lowest BCUT2D eigenvalue weighted by atomic mass is 9.98. The summed E-state index contributed by atoms with van der Waals surface area (Å²) < 4.78 is 5.89. The van der Waals surface area contributed by atoms with E-state index in [0.717, 1.165) is 23.6 Å². The minimum absolute atomic E-state index is 0.697. The predicted molar refractivity (Wildman–Crippen MR) is 71.3 cm³/mol. The quantitative estimate of drug-likeness (QED) is 0.816. The van der Waals surface area contributed by atoms with E-state index in [4.69, 9.17) is 10.5 Å². The van der Waals surface area contributed by atoms with Gasteiger partial charge in [0, 0.05) is 5.69 Å². The zero-order chi connectivity index (χ0) is 12.3. The minimum Gasteiger partial charge on any atom is -0.493 e. The van der Waals surface area contributed by atoms with Gasteiger partial charge < -0.3 is 15.4 Å². The Bertz CT molecular complexity index is 370. The highest BCUT2D eigenvalue weighted by Crippen LogP contribution is 2.23. The maximum atomic E-state index is 5.89. The van der Waals surface area contributed by atoms with E-state index in [2.05, 4.69) is 11.9 Å². The van der Waals surface area contributed by atoms with Crippen LogP contribution in [0.1, 0.15) is 18.4 Å². The predicted octanol–water partition coefficient (Wildman–Crippen LogP) is 2.30. The number of nitrogens with two attached hydrogens (primary N) is 1. The largest absolute Gasteiger partial charge is 0.493 e. The van der Waals surface area contributed by atoms with Crippen molar-refractivity contribution in [3.05, 3.63) is 23.8 Å². The van der Waals surface area contributed by atoms with E-state index in [9.17, 15) is 0 Å². The van der Waals surface area contributed by atoms with Crippen LogP contribution < -0.4 is 10.5 Å². The zero-order valence-corrected chi connectivity index (χ0v) is 10.8. The molecule has 94 valence electrons. The third-order valence-electron chi connectivity index (χ3n) is 3.51. The second-order valence-electron chi connectivity index (χ2n) is 5.08. The van der Waals surface area contributed by atoms with Crippen molar-refractivity contribution in [1.82, 2.24) is 4.90 Å². The van der Waals surface area contributed by atoms with Gasteiger partial charge in [0.25, 0.3) is 0 Å². The van der Waals surface area contributed by atoms with Gasteiger partial charge in [-0.3, -0.25) is 0 Å². The first kappa shape index (κ1) is 12.2. The smallest absolute Gasteiger partial charge is 0.122 e. The summed E-state index contributed by atoms with van der Waals surface area (Å²) >= 11 is 0. The molecule has 1 heterocycles. The topological polar surface area (TPSA) is 38.5 Å². The number of nitrogen functional groups attached to an aromatic ring is 1. The molecule has 1 saturated heterocycles. The van der Waals surface area contributed by atoms with E-state index in [1.165, 1.54) is 25.9 Å². The number of hydrogen-bond acceptors (Lipinski definition) is 3. The Kier molecular flexibility index (Phi) is 3.89. The average Bonchev–Trinajstić information content (AvgIpc) is 2.30. The molecule has 1 aromatic rings. The van der Waals surface area contributed by atoms with Crippen LogP contribution in [0.25, 0.3) is 0 Å². The highest BCUT2D eigenvalue weighted by molar-refractivity contribution is 5.47. The fraction of sp³-hybridized carbons (Fsp3) is 0.571. The van der Waals surface area contributed by atoms with Crippen molar-refractivity contribution in [3.8, 4) is 5.75 Å². The summed E-state index contributed by atoms with van der Waals surface area (Å²) in [5, 5.41) is 0. The molecule has 1 fully saturated rings. The van der Waals surface area contributed by atoms with Crippen molar-refractivity contribution in [3.63, 3.8) is 0 Å². The van der Waals surface area contributed by atoms with Crippen LogP contribution in [0, 0.1) is 12.8 Å². The van der Waals surface area contributed by atoms with Crippen molar-refractivity contribution in [1.29, 1.82) is 0 Å². The Morgan fingerprint density at radius 3 is 2.71 bits per heavy atom. The Labute approximate surface area is 104 Å². The van der Waals surface area contributed by atoms with Crippen molar-refractivity contribution in [2.75, 3.05) is 32.5 Å². The number of benzene rings is 1. The third-order valence-corrected chi connectivity index (χ3v) is 3.51. The lowest BCUT2D eigenvalue weighted by molar-refractivity contribution is 0.159. The Morgan fingerprint density at radius 1 is 1.35 bits per heavy atom. The molecule has 1 aliphatic rings. The maximum absolute atomic E-state index is 5.89. The monoisotopic (exact) mass is 234 g/mol. The van der Waals surface area contributed by atoms with E-state index in [1.54, 1.807) is 0 Å². The van der Waals surface area contributed by atoms with Crippen LogP contribution in [0.3, 0.4) is 0 Å². The number of nitrogens with zero attached hydrogens (tertiary/aromatic N) is 1. The molecule has 0 amide bonds. The summed E-state index contributed by atoms with van der Waals surface area (Å²) in [6.45, 7) is 5.25. The van der Waals surface area contributed by atoms with E-state index in [0.29, 0.717) is 5.92 Å². The molecule has 0 saturated carbocycles. The van der Waals surface area contributed by atoms with Gasteiger partial charge in [0.15, 0.2) is 0 Å². The van der Waals surface area contributed by atoms with Crippen LogP contribution in [0.2, 0.25) is 0 Å². The fourth-order valence-corrected chi connectivity index (χ4v) is 2.27. The number of aryl methyl sites for hydroxylation is 1. The molecule has 1 aliphatic heterocycles. The maximum Gasteiger partial charge on any atom is 0.122 e. The van der Waals surface area contributed by atoms with Crippen molar-refractivity contribution < 1.29 is 4.74 Å². The van der Waals surface area contributed by atoms with Gasteiger partial charge in [0.2, 0.25) is 0 Å². The summed E-state index contributed by atoms with van der Waals surface area (Å²) in [5.74, 6) is 1.67. The van der Waals surface area contributed by atoms with E-state index in [1.807, 2.05) is 25.1 Å². The summed E-state index contributed by atoms with van der Waals surface area (Å²) in [5.41, 5.74) is 7.64. The summed E-state index contributed by atoms with van der Waals surface area (Å²) in [6, 6.07) is 5.83. The molecule has 1 aromatic carbocycles. The molecule has 0 spiro atoms. The number of piperidine rings is 1. The SMILES string of the molecule is Cc1cc(N)ccc1OCC1CCN(C)CC1. The van der Waals surface area contributed by atoms with Gasteiger partial charge >= 0.3 is 0 Å². The molecular formula is C14H22N2O. The van der Waals surface area contributed by atoms with Crippen LogP contribution in [0.5, 0.6) is 5.75 Å². The molecule has 3 heteroatoms. The van der Waals surface area contributed by atoms with Gasteiger partial charge in [-0.05, 0) is 69.6 Å². The summed E-state index contributed by atoms with van der Waals surface area (Å²) in [6.07, 6.45) is 2.48. The fourth-order valence-electron chi connectivity index (χ4n) is 2.27. The second kappa shape index (κ2) is 5.41. The Balaban J connectivity index is 1.85. The van der Waals surface area contributed by atoms with E-state index in [-0.39, 0.29) is 0 Å². The third kappa shape index (κ3) is 3.37. The van der Waals surface area contributed by atoms with Crippen LogP contribution in [0.15, 0.2) is 18.2 Å². The molecular weight excluding hydrogens is 212 g/mol. The molecule has 0 bridgehead atoms. The molecule has 0 atom stereocenters. The summed E-state index contributed by atoms with van der Waals surface area (Å²) in [7, 11) is 2.18. The molecule has 0 aromatic heterocycles. The van der Waals surface area contributed by atoms with Gasteiger partial charge in [-0.1, -0.05) is 0 Å². The van der Waals surface area contributed by atoms with Crippen LogP contribution in [-0.2, 0) is 0 Å².